The van der Waals surface area contributed by atoms with E-state index in [2.05, 4.69) is 15.0 Å². The lowest BCUT2D eigenvalue weighted by atomic mass is 10.2. The van der Waals surface area contributed by atoms with Crippen LogP contribution in [0.2, 0.25) is 0 Å². The Morgan fingerprint density at radius 1 is 1.21 bits per heavy atom. The summed E-state index contributed by atoms with van der Waals surface area (Å²) in [5.74, 6) is 2.91. The second kappa shape index (κ2) is 6.24. The van der Waals surface area contributed by atoms with Gasteiger partial charge in [0.15, 0.2) is 5.82 Å². The Bertz CT molecular complexity index is 557. The highest BCUT2D eigenvalue weighted by atomic mass is 16.5. The fourth-order valence-electron chi connectivity index (χ4n) is 1.80. The molecule has 0 fully saturated rings. The molecular formula is C14H18N4O. The first-order valence-electron chi connectivity index (χ1n) is 6.37. The minimum atomic E-state index is 0.530. The van der Waals surface area contributed by atoms with Crippen molar-refractivity contribution in [1.82, 2.24) is 15.0 Å². The summed E-state index contributed by atoms with van der Waals surface area (Å²) in [6.45, 7) is 4.98. The van der Waals surface area contributed by atoms with E-state index in [1.165, 1.54) is 0 Å². The second-order valence-electron chi connectivity index (χ2n) is 4.12. The smallest absolute Gasteiger partial charge is 0.163 e. The number of hydrogen-bond acceptors (Lipinski definition) is 5. The van der Waals surface area contributed by atoms with Crippen LogP contribution in [0.4, 0.5) is 0 Å². The van der Waals surface area contributed by atoms with Gasteiger partial charge in [-0.2, -0.15) is 0 Å². The highest BCUT2D eigenvalue weighted by molar-refractivity contribution is 5.57. The lowest BCUT2D eigenvalue weighted by molar-refractivity contribution is 0.340. The monoisotopic (exact) mass is 258 g/mol. The Labute approximate surface area is 112 Å². The number of ether oxygens (including phenoxy) is 1. The van der Waals surface area contributed by atoms with E-state index in [0.717, 1.165) is 17.1 Å². The average molecular weight is 258 g/mol. The van der Waals surface area contributed by atoms with Crippen LogP contribution in [0, 0.1) is 6.92 Å². The van der Waals surface area contributed by atoms with E-state index in [0.29, 0.717) is 31.2 Å². The van der Waals surface area contributed by atoms with Crippen LogP contribution < -0.4 is 10.5 Å². The van der Waals surface area contributed by atoms with Crippen molar-refractivity contribution in [2.45, 2.75) is 20.3 Å². The van der Waals surface area contributed by atoms with E-state index in [9.17, 15) is 0 Å². The van der Waals surface area contributed by atoms with Crippen molar-refractivity contribution in [2.24, 2.45) is 5.73 Å². The molecule has 0 aliphatic rings. The Kier molecular flexibility index (Phi) is 4.41. The quantitative estimate of drug-likeness (QED) is 0.884. The standard InChI is InChI=1S/C14H18N4O/c1-3-19-12-6-4-5-11(9-12)14-17-10(2)16-13(18-14)7-8-15/h4-6,9H,3,7-8,15H2,1-2H3. The zero-order chi connectivity index (χ0) is 13.7. The molecule has 1 aromatic heterocycles. The van der Waals surface area contributed by atoms with Crippen molar-refractivity contribution in [3.05, 3.63) is 35.9 Å². The molecule has 19 heavy (non-hydrogen) atoms. The molecule has 0 spiro atoms. The largest absolute Gasteiger partial charge is 0.494 e. The third kappa shape index (κ3) is 3.48. The molecule has 0 aliphatic heterocycles. The maximum absolute atomic E-state index is 5.54. The molecule has 0 radical (unpaired) electrons. The van der Waals surface area contributed by atoms with Gasteiger partial charge in [0, 0.05) is 12.0 Å². The second-order valence-corrected chi connectivity index (χ2v) is 4.12. The first-order valence-corrected chi connectivity index (χ1v) is 6.37. The molecule has 100 valence electrons. The van der Waals surface area contributed by atoms with Gasteiger partial charge in [-0.3, -0.25) is 0 Å². The molecular weight excluding hydrogens is 240 g/mol. The van der Waals surface area contributed by atoms with Crippen LogP contribution >= 0.6 is 0 Å². The molecule has 5 heteroatoms. The number of benzene rings is 1. The van der Waals surface area contributed by atoms with Gasteiger partial charge in [0.2, 0.25) is 0 Å². The molecule has 1 heterocycles. The van der Waals surface area contributed by atoms with Crippen LogP contribution in [-0.4, -0.2) is 28.1 Å². The fourth-order valence-corrected chi connectivity index (χ4v) is 1.80. The van der Waals surface area contributed by atoms with Gasteiger partial charge in [0.1, 0.15) is 17.4 Å². The van der Waals surface area contributed by atoms with Crippen LogP contribution in [0.5, 0.6) is 5.75 Å². The molecule has 0 atom stereocenters. The number of aryl methyl sites for hydroxylation is 1. The summed E-state index contributed by atoms with van der Waals surface area (Å²) in [6, 6.07) is 7.75. The highest BCUT2D eigenvalue weighted by Gasteiger charge is 2.07. The summed E-state index contributed by atoms with van der Waals surface area (Å²) in [4.78, 5) is 13.1. The van der Waals surface area contributed by atoms with Crippen molar-refractivity contribution in [1.29, 1.82) is 0 Å². The SMILES string of the molecule is CCOc1cccc(-c2nc(C)nc(CCN)n2)c1. The molecule has 0 unspecified atom stereocenters. The van der Waals surface area contributed by atoms with Gasteiger partial charge < -0.3 is 10.5 Å². The van der Waals surface area contributed by atoms with E-state index in [1.807, 2.05) is 38.1 Å². The number of nitrogens with zero attached hydrogens (tertiary/aromatic N) is 3. The van der Waals surface area contributed by atoms with E-state index in [1.54, 1.807) is 0 Å². The molecule has 1 aromatic carbocycles. The zero-order valence-corrected chi connectivity index (χ0v) is 11.3. The van der Waals surface area contributed by atoms with Crippen LogP contribution in [0.3, 0.4) is 0 Å². The molecule has 0 amide bonds. The molecule has 0 saturated carbocycles. The molecule has 2 N–H and O–H groups in total. The maximum Gasteiger partial charge on any atom is 0.163 e. The van der Waals surface area contributed by atoms with Crippen molar-refractivity contribution in [3.8, 4) is 17.1 Å². The van der Waals surface area contributed by atoms with Crippen LogP contribution in [0.15, 0.2) is 24.3 Å². The zero-order valence-electron chi connectivity index (χ0n) is 11.3. The molecule has 5 nitrogen and oxygen atoms in total. The summed E-state index contributed by atoms with van der Waals surface area (Å²) in [7, 11) is 0. The van der Waals surface area contributed by atoms with Gasteiger partial charge in [0.05, 0.1) is 6.61 Å². The van der Waals surface area contributed by atoms with Gasteiger partial charge >= 0.3 is 0 Å². The molecule has 0 aliphatic carbocycles. The Balaban J connectivity index is 2.37. The summed E-state index contributed by atoms with van der Waals surface area (Å²) in [6.07, 6.45) is 0.654. The van der Waals surface area contributed by atoms with Crippen molar-refractivity contribution >= 4 is 0 Å². The highest BCUT2D eigenvalue weighted by Crippen LogP contribution is 2.21. The lowest BCUT2D eigenvalue weighted by Gasteiger charge is -2.07. The third-order valence-corrected chi connectivity index (χ3v) is 2.56. The minimum Gasteiger partial charge on any atom is -0.494 e. The normalized spacial score (nSPS) is 10.5. The summed E-state index contributed by atoms with van der Waals surface area (Å²) >= 11 is 0. The predicted molar refractivity (Wildman–Crippen MR) is 73.9 cm³/mol. The van der Waals surface area contributed by atoms with Gasteiger partial charge in [-0.1, -0.05) is 12.1 Å². The third-order valence-electron chi connectivity index (χ3n) is 2.56. The average Bonchev–Trinajstić information content (AvgIpc) is 2.39. The maximum atomic E-state index is 5.54. The number of aromatic nitrogens is 3. The molecule has 2 rings (SSSR count). The van der Waals surface area contributed by atoms with Crippen molar-refractivity contribution in [2.75, 3.05) is 13.2 Å². The Morgan fingerprint density at radius 2 is 2.05 bits per heavy atom. The number of hydrogen-bond donors (Lipinski definition) is 1. The van der Waals surface area contributed by atoms with E-state index in [4.69, 9.17) is 10.5 Å². The summed E-state index contributed by atoms with van der Waals surface area (Å²) in [5.41, 5.74) is 6.47. The number of nitrogens with two attached hydrogens (primary N) is 1. The molecule has 2 aromatic rings. The van der Waals surface area contributed by atoms with Gasteiger partial charge in [0.25, 0.3) is 0 Å². The first-order chi connectivity index (χ1) is 9.22. The Hall–Kier alpha value is -2.01. The first kappa shape index (κ1) is 13.4. The topological polar surface area (TPSA) is 73.9 Å². The van der Waals surface area contributed by atoms with E-state index >= 15 is 0 Å². The van der Waals surface area contributed by atoms with Gasteiger partial charge in [-0.15, -0.1) is 0 Å². The minimum absolute atomic E-state index is 0.530. The predicted octanol–water partition coefficient (Wildman–Crippen LogP) is 1.75. The van der Waals surface area contributed by atoms with Crippen LogP contribution in [-0.2, 0) is 6.42 Å². The summed E-state index contributed by atoms with van der Waals surface area (Å²) < 4.78 is 5.48. The fraction of sp³-hybridized carbons (Fsp3) is 0.357. The van der Waals surface area contributed by atoms with E-state index in [-0.39, 0.29) is 0 Å². The van der Waals surface area contributed by atoms with Crippen molar-refractivity contribution in [3.63, 3.8) is 0 Å². The van der Waals surface area contributed by atoms with E-state index < -0.39 is 0 Å². The van der Waals surface area contributed by atoms with Gasteiger partial charge in [-0.25, -0.2) is 15.0 Å². The molecule has 0 saturated heterocycles. The molecule has 0 bridgehead atoms. The van der Waals surface area contributed by atoms with Crippen LogP contribution in [0.1, 0.15) is 18.6 Å². The number of rotatable bonds is 5. The lowest BCUT2D eigenvalue weighted by Crippen LogP contribution is -2.09. The Morgan fingerprint density at radius 3 is 2.79 bits per heavy atom. The van der Waals surface area contributed by atoms with Crippen LogP contribution in [0.25, 0.3) is 11.4 Å². The van der Waals surface area contributed by atoms with Crippen molar-refractivity contribution < 1.29 is 4.74 Å². The summed E-state index contributed by atoms with van der Waals surface area (Å²) in [5, 5.41) is 0. The van der Waals surface area contributed by atoms with Gasteiger partial charge in [-0.05, 0) is 32.5 Å².